The number of nitriles is 1. The molecule has 0 aliphatic carbocycles. The van der Waals surface area contributed by atoms with Crippen LogP contribution in [0.3, 0.4) is 0 Å². The molecule has 4 aromatic rings. The van der Waals surface area contributed by atoms with Gasteiger partial charge in [-0.2, -0.15) is 10.2 Å². The molecule has 1 fully saturated rings. The molecule has 0 amide bonds. The first-order valence-corrected chi connectivity index (χ1v) is 11.6. The Morgan fingerprint density at radius 1 is 1.20 bits per heavy atom. The second-order valence-corrected chi connectivity index (χ2v) is 8.82. The number of aryl methyl sites for hydroxylation is 1. The molecule has 2 atom stereocenters. The average Bonchev–Trinajstić information content (AvgIpc) is 3.29. The Hall–Kier alpha value is -4.23. The summed E-state index contributed by atoms with van der Waals surface area (Å²) in [5, 5.41) is 12.7. The van der Waals surface area contributed by atoms with E-state index in [1.54, 1.807) is 19.2 Å². The van der Waals surface area contributed by atoms with Crippen molar-refractivity contribution in [2.24, 2.45) is 7.05 Å². The Bertz CT molecular complexity index is 1510. The maximum atomic E-state index is 13.0. The molecule has 5 rings (SSSR count). The van der Waals surface area contributed by atoms with Gasteiger partial charge in [0.05, 0.1) is 17.3 Å². The number of hydrogen-bond donors (Lipinski definition) is 2. The molecule has 1 aromatic carbocycles. The Balaban J connectivity index is 1.59. The van der Waals surface area contributed by atoms with Crippen LogP contribution in [0.5, 0.6) is 0 Å². The minimum Gasteiger partial charge on any atom is -0.339 e. The molecule has 1 unspecified atom stereocenters. The highest BCUT2D eigenvalue weighted by Crippen LogP contribution is 2.28. The van der Waals surface area contributed by atoms with E-state index in [9.17, 15) is 9.59 Å². The van der Waals surface area contributed by atoms with E-state index in [-0.39, 0.29) is 12.1 Å². The molecule has 10 heteroatoms. The predicted octanol–water partition coefficient (Wildman–Crippen LogP) is 1.32. The topological polar surface area (TPSA) is 125 Å². The Labute approximate surface area is 201 Å². The fourth-order valence-corrected chi connectivity index (χ4v) is 4.67. The monoisotopic (exact) mass is 470 g/mol. The van der Waals surface area contributed by atoms with Crippen LogP contribution in [0.1, 0.15) is 29.8 Å². The van der Waals surface area contributed by atoms with Crippen LogP contribution >= 0.6 is 0 Å². The highest BCUT2D eigenvalue weighted by Gasteiger charge is 2.29. The van der Waals surface area contributed by atoms with E-state index in [1.807, 2.05) is 29.7 Å². The van der Waals surface area contributed by atoms with E-state index in [1.165, 1.54) is 16.3 Å². The first kappa shape index (κ1) is 22.6. The van der Waals surface area contributed by atoms with Gasteiger partial charge >= 0.3 is 5.69 Å². The Morgan fingerprint density at radius 2 is 2.00 bits per heavy atom. The molecular formula is C25H26N8O2. The van der Waals surface area contributed by atoms with Crippen LogP contribution in [0.15, 0.2) is 58.3 Å². The van der Waals surface area contributed by atoms with Crippen LogP contribution in [0, 0.1) is 11.3 Å². The number of benzene rings is 1. The highest BCUT2D eigenvalue weighted by molar-refractivity contribution is 5.75. The molecule has 35 heavy (non-hydrogen) atoms. The summed E-state index contributed by atoms with van der Waals surface area (Å²) in [4.78, 5) is 39.1. The van der Waals surface area contributed by atoms with Gasteiger partial charge < -0.3 is 10.2 Å². The fraction of sp³-hybridized carbons (Fsp3) is 0.320. The molecule has 4 heterocycles. The molecule has 178 valence electrons. The molecule has 1 saturated heterocycles. The summed E-state index contributed by atoms with van der Waals surface area (Å²) in [6, 6.07) is 15.7. The van der Waals surface area contributed by atoms with Gasteiger partial charge in [0, 0.05) is 38.9 Å². The number of anilines is 1. The summed E-state index contributed by atoms with van der Waals surface area (Å²) in [5.41, 5.74) is 2.04. The minimum absolute atomic E-state index is 0.199. The van der Waals surface area contributed by atoms with Gasteiger partial charge in [0.1, 0.15) is 6.07 Å². The molecular weight excluding hydrogens is 444 g/mol. The number of H-pyrrole nitrogens is 1. The van der Waals surface area contributed by atoms with Crippen LogP contribution in [-0.4, -0.2) is 49.8 Å². The van der Waals surface area contributed by atoms with Gasteiger partial charge in [0.15, 0.2) is 11.2 Å². The molecule has 0 radical (unpaired) electrons. The molecule has 0 spiro atoms. The van der Waals surface area contributed by atoms with Gasteiger partial charge in [-0.15, -0.1) is 0 Å². The number of pyridine rings is 1. The van der Waals surface area contributed by atoms with Gasteiger partial charge in [0.25, 0.3) is 5.56 Å². The summed E-state index contributed by atoms with van der Waals surface area (Å²) < 4.78 is 3.21. The third-order valence-corrected chi connectivity index (χ3v) is 6.53. The van der Waals surface area contributed by atoms with Crippen LogP contribution in [0.2, 0.25) is 0 Å². The van der Waals surface area contributed by atoms with E-state index < -0.39 is 11.2 Å². The normalized spacial score (nSPS) is 16.8. The van der Waals surface area contributed by atoms with Crippen molar-refractivity contribution in [3.63, 3.8) is 0 Å². The van der Waals surface area contributed by atoms with Crippen molar-refractivity contribution in [3.05, 3.63) is 86.3 Å². The summed E-state index contributed by atoms with van der Waals surface area (Å²) in [6.07, 6.45) is 2.38. The lowest BCUT2D eigenvalue weighted by Crippen LogP contribution is -2.52. The molecule has 2 N–H and O–H groups in total. The zero-order chi connectivity index (χ0) is 24.5. The van der Waals surface area contributed by atoms with Gasteiger partial charge in [0.2, 0.25) is 5.95 Å². The van der Waals surface area contributed by atoms with Gasteiger partial charge in [-0.3, -0.25) is 23.9 Å². The SMILES string of the molecule is C[C@H](c1ccc(C#N)cn1)n1c(N2CCNC(Cc3ccccc3)C2)nc2c1c(=O)[nH]c(=O)n2C. The van der Waals surface area contributed by atoms with E-state index >= 15 is 0 Å². The zero-order valence-electron chi connectivity index (χ0n) is 19.6. The van der Waals surface area contributed by atoms with Crippen molar-refractivity contribution in [2.75, 3.05) is 24.5 Å². The molecule has 1 aliphatic rings. The molecule has 1 aliphatic heterocycles. The molecule has 0 saturated carbocycles. The predicted molar refractivity (Wildman–Crippen MR) is 133 cm³/mol. The number of nitrogens with zero attached hydrogens (tertiary/aromatic N) is 6. The van der Waals surface area contributed by atoms with Crippen LogP contribution in [0.25, 0.3) is 11.2 Å². The summed E-state index contributed by atoms with van der Waals surface area (Å²) in [6.45, 7) is 4.10. The van der Waals surface area contributed by atoms with Crippen molar-refractivity contribution in [1.29, 1.82) is 5.26 Å². The first-order valence-electron chi connectivity index (χ1n) is 11.6. The first-order chi connectivity index (χ1) is 17.0. The lowest BCUT2D eigenvalue weighted by molar-refractivity contribution is 0.444. The maximum absolute atomic E-state index is 13.0. The van der Waals surface area contributed by atoms with Crippen LogP contribution in [0.4, 0.5) is 5.95 Å². The fourth-order valence-electron chi connectivity index (χ4n) is 4.67. The number of hydrogen-bond acceptors (Lipinski definition) is 7. The minimum atomic E-state index is -0.509. The largest absolute Gasteiger partial charge is 0.339 e. The number of fused-ring (bicyclic) bond motifs is 1. The number of aromatic amines is 1. The standard InChI is InChI=1S/C25H26N8O2/c1-16(20-9-8-18(13-26)14-28-20)33-21-22(31(2)25(35)30-23(21)34)29-24(33)32-11-10-27-19(15-32)12-17-6-4-3-5-7-17/h3-9,14,16,19,27H,10-12,15H2,1-2H3,(H,30,34,35)/t16-,19?/m1/s1. The van der Waals surface area contributed by atoms with Gasteiger partial charge in [-0.05, 0) is 31.0 Å². The molecule has 10 nitrogen and oxygen atoms in total. The third kappa shape index (κ3) is 4.22. The number of rotatable bonds is 5. The van der Waals surface area contributed by atoms with Crippen molar-refractivity contribution in [1.82, 2.24) is 29.4 Å². The van der Waals surface area contributed by atoms with Gasteiger partial charge in [-0.1, -0.05) is 30.3 Å². The highest BCUT2D eigenvalue weighted by atomic mass is 16.2. The number of nitrogens with one attached hydrogen (secondary N) is 2. The van der Waals surface area contributed by atoms with E-state index in [2.05, 4.69) is 38.4 Å². The Kier molecular flexibility index (Phi) is 5.93. The molecule has 0 bridgehead atoms. The van der Waals surface area contributed by atoms with E-state index in [0.717, 1.165) is 13.0 Å². The van der Waals surface area contributed by atoms with Crippen molar-refractivity contribution in [2.45, 2.75) is 25.4 Å². The average molecular weight is 471 g/mol. The smallest absolute Gasteiger partial charge is 0.329 e. The third-order valence-electron chi connectivity index (χ3n) is 6.53. The van der Waals surface area contributed by atoms with Gasteiger partial charge in [-0.25, -0.2) is 4.79 Å². The number of imidazole rings is 1. The van der Waals surface area contributed by atoms with Crippen molar-refractivity contribution >= 4 is 17.1 Å². The summed E-state index contributed by atoms with van der Waals surface area (Å²) >= 11 is 0. The summed E-state index contributed by atoms with van der Waals surface area (Å²) in [5.74, 6) is 0.616. The second-order valence-electron chi connectivity index (χ2n) is 8.82. The lowest BCUT2D eigenvalue weighted by Gasteiger charge is -2.35. The van der Waals surface area contributed by atoms with Crippen molar-refractivity contribution < 1.29 is 0 Å². The lowest BCUT2D eigenvalue weighted by atomic mass is 10.0. The maximum Gasteiger partial charge on any atom is 0.329 e. The summed E-state index contributed by atoms with van der Waals surface area (Å²) in [7, 11) is 1.60. The van der Waals surface area contributed by atoms with Crippen LogP contribution < -0.4 is 21.5 Å². The number of aromatic nitrogens is 5. The van der Waals surface area contributed by atoms with E-state index in [0.29, 0.717) is 41.5 Å². The quantitative estimate of drug-likeness (QED) is 0.451. The zero-order valence-corrected chi connectivity index (χ0v) is 19.6. The van der Waals surface area contributed by atoms with E-state index in [4.69, 9.17) is 10.2 Å². The Morgan fingerprint density at radius 3 is 2.71 bits per heavy atom. The second kappa shape index (κ2) is 9.19. The molecule has 3 aromatic heterocycles. The van der Waals surface area contributed by atoms with Crippen LogP contribution in [-0.2, 0) is 13.5 Å². The number of piperazine rings is 1. The van der Waals surface area contributed by atoms with Crippen molar-refractivity contribution in [3.8, 4) is 6.07 Å².